The van der Waals surface area contributed by atoms with E-state index in [1.807, 2.05) is 49.4 Å². The molecule has 174 valence electrons. The summed E-state index contributed by atoms with van der Waals surface area (Å²) in [4.78, 5) is 42.0. The molecule has 1 fully saturated rings. The summed E-state index contributed by atoms with van der Waals surface area (Å²) in [5.41, 5.74) is 2.44. The maximum Gasteiger partial charge on any atom is 0.257 e. The smallest absolute Gasteiger partial charge is 0.257 e. The molecule has 0 radical (unpaired) electrons. The molecule has 1 atom stereocenters. The van der Waals surface area contributed by atoms with Crippen LogP contribution in [-0.2, 0) is 26.2 Å². The van der Waals surface area contributed by atoms with Gasteiger partial charge in [0.15, 0.2) is 0 Å². The Morgan fingerprint density at radius 1 is 0.971 bits per heavy atom. The minimum Gasteiger partial charge on any atom is -0.322 e. The van der Waals surface area contributed by atoms with Crippen molar-refractivity contribution in [2.24, 2.45) is 5.14 Å². The second kappa shape index (κ2) is 9.20. The highest BCUT2D eigenvalue weighted by atomic mass is 32.2. The summed E-state index contributed by atoms with van der Waals surface area (Å²) in [5, 5.41) is 5.13. The van der Waals surface area contributed by atoms with Crippen LogP contribution in [0.5, 0.6) is 0 Å². The average Bonchev–Trinajstić information content (AvgIpc) is 3.11. The molecule has 3 aromatic rings. The van der Waals surface area contributed by atoms with Gasteiger partial charge >= 0.3 is 0 Å². The number of carbonyl (C=O) groups is 3. The predicted octanol–water partition coefficient (Wildman–Crippen LogP) is 2.62. The third kappa shape index (κ3) is 4.75. The van der Waals surface area contributed by atoms with Crippen LogP contribution in [0.2, 0.25) is 0 Å². The van der Waals surface area contributed by atoms with E-state index in [-0.39, 0.29) is 29.5 Å². The van der Waals surface area contributed by atoms with E-state index in [2.05, 4.69) is 0 Å². The number of carbonyl (C=O) groups excluding carboxylic acids is 3. The van der Waals surface area contributed by atoms with Gasteiger partial charge in [0.2, 0.25) is 15.9 Å². The van der Waals surface area contributed by atoms with Crippen LogP contribution in [0.3, 0.4) is 0 Å². The first kappa shape index (κ1) is 23.3. The Morgan fingerprint density at radius 2 is 1.59 bits per heavy atom. The Balaban J connectivity index is 1.67. The number of nitrogens with two attached hydrogens (primary N) is 1. The van der Waals surface area contributed by atoms with Gasteiger partial charge in [0.25, 0.3) is 11.8 Å². The van der Waals surface area contributed by atoms with Crippen molar-refractivity contribution in [3.05, 3.63) is 95.6 Å². The Bertz CT molecular complexity index is 1340. The molecule has 0 bridgehead atoms. The third-order valence-corrected chi connectivity index (χ3v) is 6.61. The molecular weight excluding hydrogens is 454 g/mol. The number of hydrogen-bond donors (Lipinski definition) is 1. The van der Waals surface area contributed by atoms with E-state index in [0.717, 1.165) is 16.0 Å². The maximum absolute atomic E-state index is 13.5. The van der Waals surface area contributed by atoms with Gasteiger partial charge in [0.1, 0.15) is 6.04 Å². The molecule has 0 saturated carbocycles. The van der Waals surface area contributed by atoms with Crippen molar-refractivity contribution in [3.8, 4) is 0 Å². The molecule has 3 aromatic carbocycles. The van der Waals surface area contributed by atoms with Gasteiger partial charge in [-0.3, -0.25) is 14.4 Å². The SMILES string of the molecule is Cc1ccc(C(=O)N(Cc2ccccc2)C2CC(=O)N(c3ccc(S(N)(=O)=O)cc3)C2=O)cc1. The molecule has 1 heterocycles. The van der Waals surface area contributed by atoms with Gasteiger partial charge < -0.3 is 4.90 Å². The largest absolute Gasteiger partial charge is 0.322 e. The van der Waals surface area contributed by atoms with E-state index in [1.54, 1.807) is 12.1 Å². The number of sulfonamides is 1. The number of hydrogen-bond acceptors (Lipinski definition) is 5. The van der Waals surface area contributed by atoms with Crippen LogP contribution in [-0.4, -0.2) is 37.1 Å². The second-order valence-electron chi connectivity index (χ2n) is 8.11. The molecule has 0 spiro atoms. The lowest BCUT2D eigenvalue weighted by Crippen LogP contribution is -2.45. The fourth-order valence-electron chi connectivity index (χ4n) is 3.88. The highest BCUT2D eigenvalue weighted by Crippen LogP contribution is 2.28. The van der Waals surface area contributed by atoms with E-state index < -0.39 is 27.9 Å². The van der Waals surface area contributed by atoms with E-state index in [0.29, 0.717) is 5.56 Å². The first-order valence-electron chi connectivity index (χ1n) is 10.6. The van der Waals surface area contributed by atoms with Gasteiger partial charge in [-0.2, -0.15) is 0 Å². The van der Waals surface area contributed by atoms with Crippen LogP contribution in [0.1, 0.15) is 27.9 Å². The minimum absolute atomic E-state index is 0.132. The predicted molar refractivity (Wildman–Crippen MR) is 126 cm³/mol. The summed E-state index contributed by atoms with van der Waals surface area (Å²) in [6.45, 7) is 2.06. The number of imide groups is 1. The quantitative estimate of drug-likeness (QED) is 0.548. The lowest BCUT2D eigenvalue weighted by Gasteiger charge is -2.28. The van der Waals surface area contributed by atoms with Crippen LogP contribution < -0.4 is 10.0 Å². The van der Waals surface area contributed by atoms with Crippen LogP contribution >= 0.6 is 0 Å². The summed E-state index contributed by atoms with van der Waals surface area (Å²) in [6.07, 6.45) is -0.180. The van der Waals surface area contributed by atoms with Crippen LogP contribution in [0.4, 0.5) is 5.69 Å². The highest BCUT2D eigenvalue weighted by molar-refractivity contribution is 7.89. The van der Waals surface area contributed by atoms with E-state index in [4.69, 9.17) is 5.14 Å². The molecule has 1 aliphatic rings. The molecule has 1 saturated heterocycles. The van der Waals surface area contributed by atoms with E-state index in [9.17, 15) is 22.8 Å². The Kier molecular flexibility index (Phi) is 6.32. The molecule has 9 heteroatoms. The summed E-state index contributed by atoms with van der Waals surface area (Å²) >= 11 is 0. The zero-order chi connectivity index (χ0) is 24.5. The van der Waals surface area contributed by atoms with Crippen molar-refractivity contribution in [2.45, 2.75) is 30.8 Å². The Labute approximate surface area is 197 Å². The summed E-state index contributed by atoms with van der Waals surface area (Å²) < 4.78 is 23.1. The summed E-state index contributed by atoms with van der Waals surface area (Å²) in [7, 11) is -3.92. The molecule has 8 nitrogen and oxygen atoms in total. The molecule has 2 N–H and O–H groups in total. The van der Waals surface area contributed by atoms with Crippen molar-refractivity contribution in [2.75, 3.05) is 4.90 Å². The number of primary sulfonamides is 1. The molecule has 1 aliphatic heterocycles. The normalized spacial score (nSPS) is 16.1. The molecule has 4 rings (SSSR count). The maximum atomic E-state index is 13.5. The van der Waals surface area contributed by atoms with Gasteiger partial charge in [-0.25, -0.2) is 18.5 Å². The highest BCUT2D eigenvalue weighted by Gasteiger charge is 2.44. The standard InChI is InChI=1S/C25H23N3O5S/c1-17-7-9-19(10-8-17)24(30)27(16-18-5-3-2-4-6-18)22-15-23(29)28(25(22)31)20-11-13-21(14-12-20)34(26,32)33/h2-14,22H,15-16H2,1H3,(H2,26,32,33). The van der Waals surface area contributed by atoms with Gasteiger partial charge in [-0.15, -0.1) is 0 Å². The van der Waals surface area contributed by atoms with Crippen molar-refractivity contribution < 1.29 is 22.8 Å². The van der Waals surface area contributed by atoms with Gasteiger partial charge in [0, 0.05) is 12.1 Å². The zero-order valence-corrected chi connectivity index (χ0v) is 19.2. The Hall–Kier alpha value is -3.82. The minimum atomic E-state index is -3.92. The van der Waals surface area contributed by atoms with Crippen LogP contribution in [0, 0.1) is 6.92 Å². The van der Waals surface area contributed by atoms with Crippen LogP contribution in [0.25, 0.3) is 0 Å². The van der Waals surface area contributed by atoms with Crippen molar-refractivity contribution in [1.82, 2.24) is 4.90 Å². The first-order valence-corrected chi connectivity index (χ1v) is 12.1. The van der Waals surface area contributed by atoms with Gasteiger partial charge in [-0.1, -0.05) is 48.0 Å². The lowest BCUT2D eigenvalue weighted by atomic mass is 10.1. The topological polar surface area (TPSA) is 118 Å². The van der Waals surface area contributed by atoms with Crippen molar-refractivity contribution >= 4 is 33.4 Å². The number of amides is 3. The van der Waals surface area contributed by atoms with Gasteiger partial charge in [-0.05, 0) is 48.9 Å². The van der Waals surface area contributed by atoms with Crippen molar-refractivity contribution in [3.63, 3.8) is 0 Å². The monoisotopic (exact) mass is 477 g/mol. The molecule has 0 aromatic heterocycles. The van der Waals surface area contributed by atoms with Crippen LogP contribution in [0.15, 0.2) is 83.8 Å². The fourth-order valence-corrected chi connectivity index (χ4v) is 4.40. The summed E-state index contributed by atoms with van der Waals surface area (Å²) in [5.74, 6) is -1.39. The van der Waals surface area contributed by atoms with Gasteiger partial charge in [0.05, 0.1) is 17.0 Å². The number of benzene rings is 3. The molecule has 34 heavy (non-hydrogen) atoms. The zero-order valence-electron chi connectivity index (χ0n) is 18.4. The summed E-state index contributed by atoms with van der Waals surface area (Å²) in [6, 6.07) is 20.4. The molecular formula is C25H23N3O5S. The number of aryl methyl sites for hydroxylation is 1. The number of anilines is 1. The lowest BCUT2D eigenvalue weighted by molar-refractivity contribution is -0.122. The molecule has 3 amide bonds. The molecule has 1 unspecified atom stereocenters. The third-order valence-electron chi connectivity index (χ3n) is 5.68. The van der Waals surface area contributed by atoms with E-state index in [1.165, 1.54) is 29.2 Å². The van der Waals surface area contributed by atoms with E-state index >= 15 is 0 Å². The number of nitrogens with zero attached hydrogens (tertiary/aromatic N) is 2. The molecule has 0 aliphatic carbocycles. The average molecular weight is 478 g/mol. The second-order valence-corrected chi connectivity index (χ2v) is 9.67. The fraction of sp³-hybridized carbons (Fsp3) is 0.160. The number of rotatable bonds is 6. The Morgan fingerprint density at radius 3 is 2.18 bits per heavy atom. The van der Waals surface area contributed by atoms with Crippen molar-refractivity contribution in [1.29, 1.82) is 0 Å². The first-order chi connectivity index (χ1) is 16.1.